The molecule has 1 unspecified atom stereocenters. The van der Waals surface area contributed by atoms with Gasteiger partial charge in [-0.1, -0.05) is 37.1 Å². The number of thiazole rings is 1. The maximum Gasteiger partial charge on any atom is 0.0897 e. The molecule has 2 aromatic rings. The van der Waals surface area contributed by atoms with Crippen molar-refractivity contribution in [3.63, 3.8) is 0 Å². The first-order valence-electron chi connectivity index (χ1n) is 6.59. The highest BCUT2D eigenvalue weighted by molar-refractivity contribution is 7.09. The fourth-order valence-electron chi connectivity index (χ4n) is 2.09. The summed E-state index contributed by atoms with van der Waals surface area (Å²) in [5, 5.41) is 7.61. The van der Waals surface area contributed by atoms with Gasteiger partial charge in [0.05, 0.1) is 10.7 Å². The van der Waals surface area contributed by atoms with Crippen LogP contribution in [0.1, 0.15) is 42.1 Å². The normalized spacial score (nSPS) is 12.6. The van der Waals surface area contributed by atoms with E-state index in [-0.39, 0.29) is 0 Å². The Bertz CT molecular complexity index is 507. The molecule has 2 nitrogen and oxygen atoms in total. The van der Waals surface area contributed by atoms with Gasteiger partial charge in [0.1, 0.15) is 0 Å². The predicted octanol–water partition coefficient (Wildman–Crippen LogP) is 4.74. The van der Waals surface area contributed by atoms with Crippen LogP contribution >= 0.6 is 22.9 Å². The van der Waals surface area contributed by atoms with E-state index in [1.54, 1.807) is 11.3 Å². The van der Waals surface area contributed by atoms with Crippen molar-refractivity contribution in [2.75, 3.05) is 0 Å². The molecule has 0 saturated carbocycles. The first-order valence-corrected chi connectivity index (χ1v) is 7.84. The Morgan fingerprint density at radius 2 is 2.05 bits per heavy atom. The molecular weight excluding hydrogens is 276 g/mol. The monoisotopic (exact) mass is 294 g/mol. The number of halogens is 1. The van der Waals surface area contributed by atoms with E-state index in [1.807, 2.05) is 19.1 Å². The molecule has 0 amide bonds. The first kappa shape index (κ1) is 14.5. The van der Waals surface area contributed by atoms with Crippen molar-refractivity contribution in [3.05, 3.63) is 50.9 Å². The Labute approximate surface area is 123 Å². The van der Waals surface area contributed by atoms with E-state index in [2.05, 4.69) is 34.7 Å². The fourth-order valence-corrected chi connectivity index (χ4v) is 2.83. The molecule has 1 heterocycles. The van der Waals surface area contributed by atoms with Crippen LogP contribution < -0.4 is 5.32 Å². The van der Waals surface area contributed by atoms with Crippen LogP contribution in [-0.2, 0) is 6.54 Å². The van der Waals surface area contributed by atoms with Crippen molar-refractivity contribution in [1.82, 2.24) is 10.3 Å². The molecule has 0 aliphatic rings. The minimum atomic E-state index is 0.365. The van der Waals surface area contributed by atoms with E-state index < -0.39 is 0 Å². The van der Waals surface area contributed by atoms with E-state index in [9.17, 15) is 0 Å². The van der Waals surface area contributed by atoms with Crippen LogP contribution in [0.4, 0.5) is 0 Å². The van der Waals surface area contributed by atoms with Gasteiger partial charge in [-0.05, 0) is 31.0 Å². The summed E-state index contributed by atoms with van der Waals surface area (Å²) in [6.07, 6.45) is 2.27. The van der Waals surface area contributed by atoms with Gasteiger partial charge in [0, 0.05) is 23.0 Å². The Hall–Kier alpha value is -0.900. The van der Waals surface area contributed by atoms with Crippen LogP contribution in [0.15, 0.2) is 29.6 Å². The maximum absolute atomic E-state index is 5.94. The lowest BCUT2D eigenvalue weighted by Crippen LogP contribution is -2.21. The van der Waals surface area contributed by atoms with Crippen LogP contribution in [0.5, 0.6) is 0 Å². The van der Waals surface area contributed by atoms with Gasteiger partial charge in [0.25, 0.3) is 0 Å². The third-order valence-corrected chi connectivity index (χ3v) is 4.12. The highest BCUT2D eigenvalue weighted by Gasteiger charge is 2.10. The molecule has 0 saturated heterocycles. The zero-order chi connectivity index (χ0) is 13.7. The van der Waals surface area contributed by atoms with Crippen molar-refractivity contribution in [1.29, 1.82) is 0 Å². The molecule has 0 aliphatic carbocycles. The van der Waals surface area contributed by atoms with Gasteiger partial charge in [0.15, 0.2) is 0 Å². The number of nitrogens with zero attached hydrogens (tertiary/aromatic N) is 1. The van der Waals surface area contributed by atoms with Gasteiger partial charge >= 0.3 is 0 Å². The zero-order valence-corrected chi connectivity index (χ0v) is 12.9. The molecular formula is C15H19ClN2S. The van der Waals surface area contributed by atoms with E-state index in [0.29, 0.717) is 6.04 Å². The van der Waals surface area contributed by atoms with Crippen LogP contribution in [-0.4, -0.2) is 4.98 Å². The van der Waals surface area contributed by atoms with Crippen LogP contribution in [0.3, 0.4) is 0 Å². The van der Waals surface area contributed by atoms with E-state index in [1.165, 1.54) is 5.56 Å². The highest BCUT2D eigenvalue weighted by atomic mass is 35.5. The third-order valence-electron chi connectivity index (χ3n) is 3.05. The molecule has 0 aliphatic heterocycles. The van der Waals surface area contributed by atoms with E-state index >= 15 is 0 Å². The number of benzene rings is 1. The summed E-state index contributed by atoms with van der Waals surface area (Å²) in [6.45, 7) is 5.06. The van der Waals surface area contributed by atoms with Crippen molar-refractivity contribution in [2.45, 2.75) is 39.3 Å². The Balaban J connectivity index is 2.01. The second-order valence-corrected chi connectivity index (χ2v) is 6.13. The van der Waals surface area contributed by atoms with Crippen LogP contribution in [0.2, 0.25) is 5.02 Å². The highest BCUT2D eigenvalue weighted by Crippen LogP contribution is 2.21. The largest absolute Gasteiger partial charge is 0.304 e. The molecule has 0 radical (unpaired) electrons. The number of hydrogen-bond donors (Lipinski definition) is 1. The minimum absolute atomic E-state index is 0.365. The average molecular weight is 295 g/mol. The van der Waals surface area contributed by atoms with Crippen molar-refractivity contribution >= 4 is 22.9 Å². The number of nitrogens with one attached hydrogen (secondary N) is 1. The Kier molecular flexibility index (Phi) is 5.37. The lowest BCUT2D eigenvalue weighted by Gasteiger charge is -2.18. The number of rotatable bonds is 6. The molecule has 0 bridgehead atoms. The van der Waals surface area contributed by atoms with E-state index in [4.69, 9.17) is 11.6 Å². The third kappa shape index (κ3) is 4.30. The van der Waals surface area contributed by atoms with Gasteiger partial charge in [0.2, 0.25) is 0 Å². The fraction of sp³-hybridized carbons (Fsp3) is 0.400. The summed E-state index contributed by atoms with van der Waals surface area (Å²) >= 11 is 7.64. The minimum Gasteiger partial charge on any atom is -0.304 e. The smallest absolute Gasteiger partial charge is 0.0897 e. The summed E-state index contributed by atoms with van der Waals surface area (Å²) in [7, 11) is 0. The molecule has 4 heteroatoms. The van der Waals surface area contributed by atoms with Gasteiger partial charge in [-0.15, -0.1) is 11.3 Å². The summed E-state index contributed by atoms with van der Waals surface area (Å²) in [5.74, 6) is 0. The Morgan fingerprint density at radius 3 is 2.63 bits per heavy atom. The van der Waals surface area contributed by atoms with Gasteiger partial charge in [-0.3, -0.25) is 0 Å². The number of hydrogen-bond acceptors (Lipinski definition) is 3. The lowest BCUT2D eigenvalue weighted by molar-refractivity contribution is 0.490. The van der Waals surface area contributed by atoms with Crippen molar-refractivity contribution < 1.29 is 0 Å². The second kappa shape index (κ2) is 7.04. The molecule has 1 aromatic heterocycles. The molecule has 2 rings (SSSR count). The summed E-state index contributed by atoms with van der Waals surface area (Å²) in [6, 6.07) is 8.47. The summed E-state index contributed by atoms with van der Waals surface area (Å²) in [4.78, 5) is 4.49. The van der Waals surface area contributed by atoms with Gasteiger partial charge < -0.3 is 5.32 Å². The quantitative estimate of drug-likeness (QED) is 0.832. The summed E-state index contributed by atoms with van der Waals surface area (Å²) in [5.41, 5.74) is 2.41. The summed E-state index contributed by atoms with van der Waals surface area (Å²) < 4.78 is 0. The maximum atomic E-state index is 5.94. The molecule has 1 aromatic carbocycles. The standard InChI is InChI=1S/C15H19ClN2S/c1-3-4-15(12-5-7-13(16)8-6-12)17-9-14-10-19-11(2)18-14/h5-8,10,15,17H,3-4,9H2,1-2H3. The zero-order valence-electron chi connectivity index (χ0n) is 11.3. The molecule has 0 spiro atoms. The van der Waals surface area contributed by atoms with Crippen molar-refractivity contribution in [3.8, 4) is 0 Å². The number of aromatic nitrogens is 1. The molecule has 19 heavy (non-hydrogen) atoms. The van der Waals surface area contributed by atoms with Gasteiger partial charge in [-0.2, -0.15) is 0 Å². The predicted molar refractivity (Wildman–Crippen MR) is 82.8 cm³/mol. The topological polar surface area (TPSA) is 24.9 Å². The molecule has 1 atom stereocenters. The molecule has 102 valence electrons. The van der Waals surface area contributed by atoms with Crippen LogP contribution in [0, 0.1) is 6.92 Å². The first-order chi connectivity index (χ1) is 9.19. The molecule has 1 N–H and O–H groups in total. The number of aryl methyl sites for hydroxylation is 1. The van der Waals surface area contributed by atoms with Gasteiger partial charge in [-0.25, -0.2) is 4.98 Å². The Morgan fingerprint density at radius 1 is 1.32 bits per heavy atom. The molecule has 0 fully saturated rings. The SMILES string of the molecule is CCCC(NCc1csc(C)n1)c1ccc(Cl)cc1. The average Bonchev–Trinajstić information content (AvgIpc) is 2.81. The van der Waals surface area contributed by atoms with E-state index in [0.717, 1.165) is 35.1 Å². The second-order valence-electron chi connectivity index (χ2n) is 4.63. The van der Waals surface area contributed by atoms with Crippen LogP contribution in [0.25, 0.3) is 0 Å². The lowest BCUT2D eigenvalue weighted by atomic mass is 10.0. The van der Waals surface area contributed by atoms with Crippen molar-refractivity contribution in [2.24, 2.45) is 0 Å².